The molecule has 0 aromatic carbocycles. The maximum atomic E-state index is 11.9. The molecule has 2 heterocycles. The molecule has 6 nitrogen and oxygen atoms in total. The summed E-state index contributed by atoms with van der Waals surface area (Å²) >= 11 is 1.35. The minimum absolute atomic E-state index is 0.180. The van der Waals surface area contributed by atoms with Crippen LogP contribution in [0.5, 0.6) is 0 Å². The average molecular weight is 293 g/mol. The van der Waals surface area contributed by atoms with Crippen molar-refractivity contribution in [3.63, 3.8) is 0 Å². The fourth-order valence-corrected chi connectivity index (χ4v) is 2.61. The maximum Gasteiger partial charge on any atom is 0.341 e. The number of aromatic amines is 1. The molecule has 0 bridgehead atoms. The Bertz CT molecular complexity index is 604. The number of H-pyrrole nitrogens is 1. The van der Waals surface area contributed by atoms with Gasteiger partial charge in [0.2, 0.25) is 5.91 Å². The highest BCUT2D eigenvalue weighted by Crippen LogP contribution is 2.28. The molecule has 0 aliphatic heterocycles. The van der Waals surface area contributed by atoms with Crippen LogP contribution in [0.2, 0.25) is 0 Å². The van der Waals surface area contributed by atoms with Crippen LogP contribution in [0.3, 0.4) is 0 Å². The van der Waals surface area contributed by atoms with Crippen LogP contribution in [-0.4, -0.2) is 28.7 Å². The lowest BCUT2D eigenvalue weighted by molar-refractivity contribution is -0.115. The van der Waals surface area contributed by atoms with Gasteiger partial charge in [0.05, 0.1) is 18.6 Å². The lowest BCUT2D eigenvalue weighted by Crippen LogP contribution is -2.16. The second kappa shape index (κ2) is 6.33. The molecule has 0 aliphatic rings. The zero-order valence-corrected chi connectivity index (χ0v) is 12.0. The maximum absolute atomic E-state index is 11.9. The van der Waals surface area contributed by atoms with E-state index in [1.54, 1.807) is 25.3 Å². The highest BCUT2D eigenvalue weighted by atomic mass is 32.1. The number of carbonyl (C=O) groups excluding carboxylic acids is 2. The van der Waals surface area contributed by atoms with E-state index in [1.807, 2.05) is 6.92 Å². The summed E-state index contributed by atoms with van der Waals surface area (Å²) in [5, 5.41) is 9.76. The largest absolute Gasteiger partial charge is 0.462 e. The topological polar surface area (TPSA) is 84.1 Å². The van der Waals surface area contributed by atoms with E-state index in [0.717, 1.165) is 4.88 Å². The van der Waals surface area contributed by atoms with Crippen LogP contribution in [0, 0.1) is 6.92 Å². The molecule has 106 valence electrons. The molecule has 2 aromatic rings. The molecule has 7 heteroatoms. The number of rotatable bonds is 5. The van der Waals surface area contributed by atoms with E-state index < -0.39 is 5.97 Å². The number of hydrogen-bond donors (Lipinski definition) is 2. The molecule has 0 atom stereocenters. The predicted molar refractivity (Wildman–Crippen MR) is 75.9 cm³/mol. The molecule has 0 spiro atoms. The zero-order valence-electron chi connectivity index (χ0n) is 11.2. The molecule has 20 heavy (non-hydrogen) atoms. The van der Waals surface area contributed by atoms with Crippen LogP contribution in [0.25, 0.3) is 0 Å². The highest BCUT2D eigenvalue weighted by Gasteiger charge is 2.18. The third kappa shape index (κ3) is 3.45. The molecule has 0 radical (unpaired) electrons. The molecule has 2 rings (SSSR count). The highest BCUT2D eigenvalue weighted by molar-refractivity contribution is 7.16. The molecule has 0 saturated carbocycles. The summed E-state index contributed by atoms with van der Waals surface area (Å²) in [7, 11) is 0. The second-order valence-corrected chi connectivity index (χ2v) is 5.38. The Balaban J connectivity index is 2.08. The van der Waals surface area contributed by atoms with Crippen LogP contribution in [0.15, 0.2) is 18.3 Å². The summed E-state index contributed by atoms with van der Waals surface area (Å²) in [5.74, 6) is -0.629. The van der Waals surface area contributed by atoms with Gasteiger partial charge in [-0.05, 0) is 26.0 Å². The number of aryl methyl sites for hydroxylation is 1. The zero-order chi connectivity index (χ0) is 14.5. The van der Waals surface area contributed by atoms with Crippen molar-refractivity contribution in [1.29, 1.82) is 0 Å². The number of anilines is 1. The third-order valence-corrected chi connectivity index (χ3v) is 3.48. The van der Waals surface area contributed by atoms with E-state index in [2.05, 4.69) is 15.5 Å². The van der Waals surface area contributed by atoms with E-state index in [1.165, 1.54) is 11.3 Å². The summed E-state index contributed by atoms with van der Waals surface area (Å²) in [6.45, 7) is 3.92. The monoisotopic (exact) mass is 293 g/mol. The van der Waals surface area contributed by atoms with Gasteiger partial charge in [0.25, 0.3) is 0 Å². The smallest absolute Gasteiger partial charge is 0.341 e. The number of nitrogens with zero attached hydrogens (tertiary/aromatic N) is 1. The lowest BCUT2D eigenvalue weighted by atomic mass is 10.2. The van der Waals surface area contributed by atoms with Crippen molar-refractivity contribution in [3.8, 4) is 0 Å². The van der Waals surface area contributed by atoms with Gasteiger partial charge in [0.1, 0.15) is 5.00 Å². The van der Waals surface area contributed by atoms with Gasteiger partial charge >= 0.3 is 5.97 Å². The number of thiophene rings is 1. The molecular weight excluding hydrogens is 278 g/mol. The van der Waals surface area contributed by atoms with E-state index in [4.69, 9.17) is 4.74 Å². The Kier molecular flexibility index (Phi) is 4.52. The number of esters is 1. The van der Waals surface area contributed by atoms with Crippen LogP contribution in [0.1, 0.15) is 27.9 Å². The van der Waals surface area contributed by atoms with Gasteiger partial charge in [-0.25, -0.2) is 4.79 Å². The van der Waals surface area contributed by atoms with Crippen molar-refractivity contribution < 1.29 is 14.3 Å². The van der Waals surface area contributed by atoms with Gasteiger partial charge in [-0.3, -0.25) is 9.89 Å². The molecular formula is C13H15N3O3S. The number of hydrogen-bond acceptors (Lipinski definition) is 5. The van der Waals surface area contributed by atoms with Crippen molar-refractivity contribution in [2.45, 2.75) is 20.3 Å². The van der Waals surface area contributed by atoms with Gasteiger partial charge in [0.15, 0.2) is 0 Å². The van der Waals surface area contributed by atoms with Gasteiger partial charge in [-0.2, -0.15) is 5.10 Å². The van der Waals surface area contributed by atoms with Gasteiger partial charge in [-0.15, -0.1) is 11.3 Å². The molecule has 0 unspecified atom stereocenters. The van der Waals surface area contributed by atoms with E-state index in [0.29, 0.717) is 22.9 Å². The van der Waals surface area contributed by atoms with Gasteiger partial charge in [-0.1, -0.05) is 0 Å². The number of nitrogens with one attached hydrogen (secondary N) is 2. The van der Waals surface area contributed by atoms with Crippen LogP contribution in [0.4, 0.5) is 5.00 Å². The first-order valence-electron chi connectivity index (χ1n) is 6.15. The molecule has 2 aromatic heterocycles. The minimum Gasteiger partial charge on any atom is -0.462 e. The summed E-state index contributed by atoms with van der Waals surface area (Å²) in [6, 6.07) is 3.44. The summed E-state index contributed by atoms with van der Waals surface area (Å²) in [6.07, 6.45) is 1.77. The second-order valence-electron chi connectivity index (χ2n) is 4.13. The predicted octanol–water partition coefficient (Wildman–Crippen LogP) is 2.14. The SMILES string of the molecule is CCOC(=O)c1cc(C)sc1NC(=O)Cc1ccn[nH]1. The summed E-state index contributed by atoms with van der Waals surface area (Å²) in [5.41, 5.74) is 1.11. The van der Waals surface area contributed by atoms with Crippen molar-refractivity contribution in [2.24, 2.45) is 0 Å². The summed E-state index contributed by atoms with van der Waals surface area (Å²) in [4.78, 5) is 24.6. The molecule has 0 aliphatic carbocycles. The van der Waals surface area contributed by atoms with Crippen molar-refractivity contribution in [2.75, 3.05) is 11.9 Å². The summed E-state index contributed by atoms with van der Waals surface area (Å²) < 4.78 is 4.97. The minimum atomic E-state index is -0.423. The number of carbonyl (C=O) groups is 2. The molecule has 0 fully saturated rings. The number of aromatic nitrogens is 2. The van der Waals surface area contributed by atoms with E-state index in [-0.39, 0.29) is 12.3 Å². The first kappa shape index (κ1) is 14.3. The van der Waals surface area contributed by atoms with Crippen molar-refractivity contribution in [1.82, 2.24) is 10.2 Å². The Morgan fingerprint density at radius 1 is 1.50 bits per heavy atom. The average Bonchev–Trinajstić information content (AvgIpc) is 2.99. The Morgan fingerprint density at radius 3 is 2.95 bits per heavy atom. The number of amides is 1. The molecule has 1 amide bonds. The Morgan fingerprint density at radius 2 is 2.30 bits per heavy atom. The first-order valence-corrected chi connectivity index (χ1v) is 6.97. The fraction of sp³-hybridized carbons (Fsp3) is 0.308. The van der Waals surface area contributed by atoms with Crippen LogP contribution in [-0.2, 0) is 16.0 Å². The van der Waals surface area contributed by atoms with E-state index in [9.17, 15) is 9.59 Å². The van der Waals surface area contributed by atoms with Crippen LogP contribution >= 0.6 is 11.3 Å². The van der Waals surface area contributed by atoms with Gasteiger partial charge < -0.3 is 10.1 Å². The molecule has 2 N–H and O–H groups in total. The first-order chi connectivity index (χ1) is 9.60. The Hall–Kier alpha value is -2.15. The normalized spacial score (nSPS) is 10.3. The molecule has 0 saturated heterocycles. The number of ether oxygens (including phenoxy) is 1. The van der Waals surface area contributed by atoms with Crippen LogP contribution < -0.4 is 5.32 Å². The quantitative estimate of drug-likeness (QED) is 0.827. The Labute approximate surface area is 120 Å². The van der Waals surface area contributed by atoms with Crippen molar-refractivity contribution in [3.05, 3.63) is 34.5 Å². The fourth-order valence-electron chi connectivity index (χ4n) is 1.69. The van der Waals surface area contributed by atoms with Crippen molar-refractivity contribution >= 4 is 28.2 Å². The van der Waals surface area contributed by atoms with E-state index >= 15 is 0 Å². The standard InChI is InChI=1S/C13H15N3O3S/c1-3-19-13(18)10-6-8(2)20-12(10)15-11(17)7-9-4-5-14-16-9/h4-6H,3,7H2,1-2H3,(H,14,16)(H,15,17). The van der Waals surface area contributed by atoms with Gasteiger partial charge in [0, 0.05) is 16.8 Å². The third-order valence-electron chi connectivity index (χ3n) is 2.51. The lowest BCUT2D eigenvalue weighted by Gasteiger charge is -2.05.